The summed E-state index contributed by atoms with van der Waals surface area (Å²) in [7, 11) is 0. The van der Waals surface area contributed by atoms with Gasteiger partial charge < -0.3 is 21.7 Å². The average Bonchev–Trinajstić information content (AvgIpc) is 3.03. The lowest BCUT2D eigenvalue weighted by Gasteiger charge is -2.36. The monoisotopic (exact) mass is 469 g/mol. The standard InChI is InChI=1S/C22H30F3N5O3/c1-20(2,3)16(26)19(33)30-9-12-13(21(12,4)5)15(30)18(32)29-14(17(27)31)10-8-28-7-6-11(10)22(23,24)25/h6-8,12-16H,9,26H2,1-5H3,(H2,27,31)(H,29,32)/t12-,13-,14?,15-,16+/m0/s1. The maximum absolute atomic E-state index is 13.5. The largest absolute Gasteiger partial charge is 0.416 e. The Morgan fingerprint density at radius 3 is 2.36 bits per heavy atom. The topological polar surface area (TPSA) is 131 Å². The van der Waals surface area contributed by atoms with Gasteiger partial charge in [-0.1, -0.05) is 34.6 Å². The molecule has 33 heavy (non-hydrogen) atoms. The van der Waals surface area contributed by atoms with Crippen LogP contribution in [-0.4, -0.2) is 46.2 Å². The number of hydrogen-bond acceptors (Lipinski definition) is 5. The van der Waals surface area contributed by atoms with Crippen LogP contribution < -0.4 is 16.8 Å². The molecule has 1 unspecified atom stereocenters. The van der Waals surface area contributed by atoms with E-state index in [1.807, 2.05) is 13.8 Å². The number of carbonyl (C=O) groups is 3. The number of amides is 3. The van der Waals surface area contributed by atoms with Gasteiger partial charge in [0.15, 0.2) is 0 Å². The zero-order valence-corrected chi connectivity index (χ0v) is 19.2. The maximum atomic E-state index is 13.5. The molecule has 5 atom stereocenters. The number of rotatable bonds is 5. The minimum Gasteiger partial charge on any atom is -0.368 e. The van der Waals surface area contributed by atoms with Crippen LogP contribution in [0.5, 0.6) is 0 Å². The van der Waals surface area contributed by atoms with E-state index in [0.717, 1.165) is 12.4 Å². The lowest BCUT2D eigenvalue weighted by molar-refractivity contribution is -0.144. The number of aromatic nitrogens is 1. The maximum Gasteiger partial charge on any atom is 0.416 e. The van der Waals surface area contributed by atoms with Crippen LogP contribution in [0.3, 0.4) is 0 Å². The molecule has 0 bridgehead atoms. The van der Waals surface area contributed by atoms with Crippen molar-refractivity contribution in [2.45, 2.75) is 58.9 Å². The molecule has 3 rings (SSSR count). The van der Waals surface area contributed by atoms with Gasteiger partial charge in [0.05, 0.1) is 11.6 Å². The molecule has 1 saturated heterocycles. The average molecular weight is 470 g/mol. The highest BCUT2D eigenvalue weighted by Crippen LogP contribution is 2.65. The summed E-state index contributed by atoms with van der Waals surface area (Å²) in [5, 5.41) is 2.36. The van der Waals surface area contributed by atoms with Crippen molar-refractivity contribution in [1.29, 1.82) is 0 Å². The first-order valence-corrected chi connectivity index (χ1v) is 10.7. The predicted molar refractivity (Wildman–Crippen MR) is 113 cm³/mol. The van der Waals surface area contributed by atoms with E-state index in [9.17, 15) is 27.6 Å². The van der Waals surface area contributed by atoms with Crippen molar-refractivity contribution in [1.82, 2.24) is 15.2 Å². The smallest absolute Gasteiger partial charge is 0.368 e. The molecule has 2 heterocycles. The highest BCUT2D eigenvalue weighted by Gasteiger charge is 2.69. The van der Waals surface area contributed by atoms with E-state index in [1.54, 1.807) is 20.8 Å². The fraction of sp³-hybridized carbons (Fsp3) is 0.636. The molecule has 2 aliphatic rings. The summed E-state index contributed by atoms with van der Waals surface area (Å²) in [6.07, 6.45) is -2.99. The van der Waals surface area contributed by atoms with E-state index in [4.69, 9.17) is 11.5 Å². The van der Waals surface area contributed by atoms with Gasteiger partial charge in [-0.25, -0.2) is 0 Å². The minimum absolute atomic E-state index is 0.0422. The molecule has 8 nitrogen and oxygen atoms in total. The number of hydrogen-bond donors (Lipinski definition) is 3. The Morgan fingerprint density at radius 2 is 1.85 bits per heavy atom. The lowest BCUT2D eigenvalue weighted by atomic mass is 9.86. The minimum atomic E-state index is -4.78. The zero-order valence-electron chi connectivity index (χ0n) is 19.2. The van der Waals surface area contributed by atoms with Gasteiger partial charge >= 0.3 is 6.18 Å². The van der Waals surface area contributed by atoms with Crippen molar-refractivity contribution in [2.24, 2.45) is 34.1 Å². The number of alkyl halides is 3. The Balaban J connectivity index is 1.93. The molecule has 1 aromatic rings. The summed E-state index contributed by atoms with van der Waals surface area (Å²) in [4.78, 5) is 43.6. The van der Waals surface area contributed by atoms with E-state index in [0.29, 0.717) is 12.6 Å². The first-order valence-electron chi connectivity index (χ1n) is 10.7. The van der Waals surface area contributed by atoms with Crippen molar-refractivity contribution in [3.05, 3.63) is 29.6 Å². The number of nitrogens with one attached hydrogen (secondary N) is 1. The number of primary amides is 1. The second-order valence-electron chi connectivity index (χ2n) is 10.5. The molecule has 2 fully saturated rings. The Kier molecular flexibility index (Phi) is 6.02. The third-order valence-corrected chi connectivity index (χ3v) is 7.00. The van der Waals surface area contributed by atoms with Gasteiger partial charge in [-0.3, -0.25) is 19.4 Å². The van der Waals surface area contributed by atoms with Gasteiger partial charge in [0, 0.05) is 24.5 Å². The Hall–Kier alpha value is -2.69. The fourth-order valence-corrected chi connectivity index (χ4v) is 4.79. The zero-order chi connectivity index (χ0) is 25.1. The molecule has 1 saturated carbocycles. The molecule has 3 amide bonds. The van der Waals surface area contributed by atoms with Gasteiger partial charge in [0.2, 0.25) is 17.7 Å². The Labute approximate surface area is 190 Å². The van der Waals surface area contributed by atoms with Crippen molar-refractivity contribution in [2.75, 3.05) is 6.54 Å². The number of fused-ring (bicyclic) bond motifs is 1. The quantitative estimate of drug-likeness (QED) is 0.603. The number of nitrogens with zero attached hydrogens (tertiary/aromatic N) is 2. The summed E-state index contributed by atoms with van der Waals surface area (Å²) in [5.41, 5.74) is 9.04. The summed E-state index contributed by atoms with van der Waals surface area (Å²) in [6.45, 7) is 9.63. The lowest BCUT2D eigenvalue weighted by Crippen LogP contribution is -2.57. The highest BCUT2D eigenvalue weighted by molar-refractivity contribution is 5.94. The molecule has 0 spiro atoms. The summed E-state index contributed by atoms with van der Waals surface area (Å²) < 4.78 is 40.5. The van der Waals surface area contributed by atoms with Crippen LogP contribution in [0.15, 0.2) is 18.5 Å². The van der Waals surface area contributed by atoms with Crippen LogP contribution in [-0.2, 0) is 20.6 Å². The summed E-state index contributed by atoms with van der Waals surface area (Å²) in [6, 6.07) is -2.91. The van der Waals surface area contributed by atoms with Crippen molar-refractivity contribution < 1.29 is 27.6 Å². The van der Waals surface area contributed by atoms with E-state index in [-0.39, 0.29) is 17.3 Å². The molecule has 1 aliphatic heterocycles. The van der Waals surface area contributed by atoms with Crippen molar-refractivity contribution in [3.8, 4) is 0 Å². The molecular weight excluding hydrogens is 439 g/mol. The number of carbonyl (C=O) groups excluding carboxylic acids is 3. The Bertz CT molecular complexity index is 973. The summed E-state index contributed by atoms with van der Waals surface area (Å²) >= 11 is 0. The number of likely N-dealkylation sites (tertiary alicyclic amines) is 1. The van der Waals surface area contributed by atoms with Gasteiger partial charge in [0.25, 0.3) is 0 Å². The van der Waals surface area contributed by atoms with Crippen molar-refractivity contribution in [3.63, 3.8) is 0 Å². The molecule has 1 aliphatic carbocycles. The van der Waals surface area contributed by atoms with E-state index in [1.165, 1.54) is 4.90 Å². The van der Waals surface area contributed by atoms with Gasteiger partial charge in [-0.2, -0.15) is 13.2 Å². The second-order valence-corrected chi connectivity index (χ2v) is 10.5. The van der Waals surface area contributed by atoms with E-state index < -0.39 is 58.6 Å². The first-order chi connectivity index (χ1) is 15.0. The summed E-state index contributed by atoms with van der Waals surface area (Å²) in [5.74, 6) is -2.50. The molecule has 0 radical (unpaired) electrons. The molecule has 11 heteroatoms. The van der Waals surface area contributed by atoms with Crippen LogP contribution in [0.2, 0.25) is 0 Å². The van der Waals surface area contributed by atoms with Crippen LogP contribution in [0.25, 0.3) is 0 Å². The molecular formula is C22H30F3N5O3. The number of pyridine rings is 1. The number of piperidine rings is 1. The van der Waals surface area contributed by atoms with Crippen LogP contribution in [0, 0.1) is 22.7 Å². The van der Waals surface area contributed by atoms with E-state index >= 15 is 0 Å². The van der Waals surface area contributed by atoms with Gasteiger partial charge in [-0.15, -0.1) is 0 Å². The number of nitrogens with two attached hydrogens (primary N) is 2. The van der Waals surface area contributed by atoms with E-state index in [2.05, 4.69) is 10.3 Å². The van der Waals surface area contributed by atoms with Crippen LogP contribution in [0.4, 0.5) is 13.2 Å². The normalized spacial score (nSPS) is 25.7. The molecule has 5 N–H and O–H groups in total. The first kappa shape index (κ1) is 24.9. The second kappa shape index (κ2) is 7.96. The third-order valence-electron chi connectivity index (χ3n) is 7.00. The molecule has 1 aromatic heterocycles. The van der Waals surface area contributed by atoms with Crippen LogP contribution >= 0.6 is 0 Å². The third kappa shape index (κ3) is 4.42. The fourth-order valence-electron chi connectivity index (χ4n) is 4.79. The Morgan fingerprint density at radius 1 is 1.24 bits per heavy atom. The predicted octanol–water partition coefficient (Wildman–Crippen LogP) is 1.60. The van der Waals surface area contributed by atoms with Crippen LogP contribution in [0.1, 0.15) is 51.8 Å². The highest BCUT2D eigenvalue weighted by atomic mass is 19.4. The van der Waals surface area contributed by atoms with Gasteiger partial charge in [0.1, 0.15) is 12.1 Å². The molecule has 0 aromatic carbocycles. The number of halogens is 3. The SMILES string of the molecule is CC(C)(C)[C@H](N)C(=O)N1C[C@H]2[C@@H]([C@H]1C(=O)NC(C(N)=O)c1cnccc1C(F)(F)F)C2(C)C. The molecule has 182 valence electrons. The van der Waals surface area contributed by atoms with Crippen molar-refractivity contribution >= 4 is 17.7 Å². The van der Waals surface area contributed by atoms with Gasteiger partial charge in [-0.05, 0) is 28.7 Å².